The van der Waals surface area contributed by atoms with Crippen molar-refractivity contribution in [3.63, 3.8) is 0 Å². The first-order chi connectivity index (χ1) is 18.5. The van der Waals surface area contributed by atoms with Gasteiger partial charge in [-0.15, -0.1) is 11.8 Å². The summed E-state index contributed by atoms with van der Waals surface area (Å²) in [5, 5.41) is 1.62. The normalized spacial score (nSPS) is 17.7. The van der Waals surface area contributed by atoms with Crippen LogP contribution in [0.25, 0.3) is 0 Å². The molecule has 2 aliphatic heterocycles. The van der Waals surface area contributed by atoms with Gasteiger partial charge in [0.05, 0.1) is 12.0 Å². The van der Waals surface area contributed by atoms with Crippen molar-refractivity contribution in [3.8, 4) is 5.75 Å². The van der Waals surface area contributed by atoms with Gasteiger partial charge in [0.15, 0.2) is 5.69 Å². The van der Waals surface area contributed by atoms with Crippen LogP contribution in [0, 0.1) is 5.92 Å². The Balaban J connectivity index is 1.78. The number of alkyl halides is 3. The maximum absolute atomic E-state index is 14.0. The van der Waals surface area contributed by atoms with E-state index >= 15 is 0 Å². The highest BCUT2D eigenvalue weighted by molar-refractivity contribution is 7.98. The lowest BCUT2D eigenvalue weighted by molar-refractivity contribution is -0.173. The molecule has 204 valence electrons. The van der Waals surface area contributed by atoms with Crippen LogP contribution in [0.5, 0.6) is 5.75 Å². The van der Waals surface area contributed by atoms with Crippen LogP contribution < -0.4 is 15.2 Å². The Morgan fingerprint density at radius 3 is 2.36 bits per heavy atom. The Morgan fingerprint density at radius 2 is 1.67 bits per heavy atom. The number of hydrogen-bond donors (Lipinski definition) is 0. The van der Waals surface area contributed by atoms with Gasteiger partial charge in [-0.25, -0.2) is 0 Å². The van der Waals surface area contributed by atoms with Gasteiger partial charge in [-0.05, 0) is 29.7 Å². The quantitative estimate of drug-likeness (QED) is 0.416. The van der Waals surface area contributed by atoms with Gasteiger partial charge in [0, 0.05) is 22.9 Å². The molecule has 3 aromatic rings. The fourth-order valence-electron chi connectivity index (χ4n) is 4.76. The number of carbonyl (C=O) groups excluding carboxylic acids is 2. The van der Waals surface area contributed by atoms with Crippen LogP contribution in [0.4, 0.5) is 13.2 Å². The molecule has 2 aromatic carbocycles. The Labute approximate surface area is 227 Å². The summed E-state index contributed by atoms with van der Waals surface area (Å²) >= 11 is 1.61. The molecule has 0 aliphatic carbocycles. The van der Waals surface area contributed by atoms with E-state index in [1.54, 1.807) is 30.6 Å². The largest absolute Gasteiger partial charge is 0.420 e. The fraction of sp³-hybridized carbons (Fsp3) is 0.321. The summed E-state index contributed by atoms with van der Waals surface area (Å²) < 4.78 is 48.8. The highest BCUT2D eigenvalue weighted by Crippen LogP contribution is 2.43. The number of thioether (sulfide) groups is 1. The predicted molar refractivity (Wildman–Crippen MR) is 140 cm³/mol. The molecule has 0 radical (unpaired) electrons. The van der Waals surface area contributed by atoms with Crippen LogP contribution in [-0.2, 0) is 10.5 Å². The van der Waals surface area contributed by atoms with Crippen molar-refractivity contribution in [2.45, 2.75) is 49.7 Å². The number of carbonyl (C=O) groups is 2. The average Bonchev–Trinajstić information content (AvgIpc) is 3.06. The number of hydrogen-bond acceptors (Lipinski definition) is 6. The van der Waals surface area contributed by atoms with Crippen molar-refractivity contribution in [2.24, 2.45) is 5.92 Å². The van der Waals surface area contributed by atoms with E-state index < -0.39 is 59.6 Å². The van der Waals surface area contributed by atoms with Crippen molar-refractivity contribution in [2.75, 3.05) is 11.7 Å². The summed E-state index contributed by atoms with van der Waals surface area (Å²) in [4.78, 5) is 40.7. The van der Waals surface area contributed by atoms with Crippen LogP contribution in [0.1, 0.15) is 54.0 Å². The highest BCUT2D eigenvalue weighted by Gasteiger charge is 2.48. The fourth-order valence-corrected chi connectivity index (χ4v) is 5.85. The summed E-state index contributed by atoms with van der Waals surface area (Å²) in [5.41, 5.74) is 1.49. The first kappa shape index (κ1) is 26.9. The van der Waals surface area contributed by atoms with E-state index in [1.807, 2.05) is 48.5 Å². The van der Waals surface area contributed by atoms with E-state index in [1.165, 1.54) is 10.9 Å². The Kier molecular flexibility index (Phi) is 6.96. The Morgan fingerprint density at radius 1 is 1.00 bits per heavy atom. The second-order valence-corrected chi connectivity index (χ2v) is 10.8. The minimum absolute atomic E-state index is 0.425. The SMILES string of the molecule is CC(C)C(=O)Oc1c2n(ccc1=O)N([C@H]1c3ccccc3CSc3ccccc31)CN([C@H](C)C(F)(F)F)C2=O. The molecule has 0 spiro atoms. The number of nitrogens with zero attached hydrogens (tertiary/aromatic N) is 3. The molecule has 7 nitrogen and oxygen atoms in total. The number of fused-ring (bicyclic) bond motifs is 3. The van der Waals surface area contributed by atoms with Gasteiger partial charge in [0.1, 0.15) is 12.7 Å². The van der Waals surface area contributed by atoms with Gasteiger partial charge in [0.2, 0.25) is 11.2 Å². The number of ether oxygens (including phenoxy) is 1. The lowest BCUT2D eigenvalue weighted by Gasteiger charge is -2.46. The topological polar surface area (TPSA) is 71.8 Å². The van der Waals surface area contributed by atoms with Crippen LogP contribution >= 0.6 is 11.8 Å². The molecule has 0 fully saturated rings. The molecule has 2 atom stereocenters. The number of rotatable bonds is 4. The average molecular weight is 558 g/mol. The van der Waals surface area contributed by atoms with E-state index in [0.717, 1.165) is 34.6 Å². The van der Waals surface area contributed by atoms with Crippen molar-refractivity contribution in [3.05, 3.63) is 93.4 Å². The van der Waals surface area contributed by atoms with E-state index in [2.05, 4.69) is 0 Å². The maximum atomic E-state index is 14.0. The second-order valence-electron chi connectivity index (χ2n) is 9.78. The summed E-state index contributed by atoms with van der Waals surface area (Å²) in [6.45, 7) is 3.58. The first-order valence-corrected chi connectivity index (χ1v) is 13.4. The maximum Gasteiger partial charge on any atom is 0.408 e. The standard InChI is InChI=1S/C28H26F3N3O4S/c1-16(2)27(37)38-25-21(35)12-13-33-24(25)26(36)32(17(3)28(29,30)31)15-34(33)23-19-9-5-4-8-18(19)14-39-22-11-7-6-10-20(22)23/h4-13,16-17,23H,14-15H2,1-3H3/t17-,23+/m1/s1. The van der Waals surface area contributed by atoms with Crippen LogP contribution in [0.15, 0.2) is 70.5 Å². The summed E-state index contributed by atoms with van der Waals surface area (Å²) in [7, 11) is 0. The van der Waals surface area contributed by atoms with Crippen molar-refractivity contribution < 1.29 is 27.5 Å². The van der Waals surface area contributed by atoms with E-state index in [4.69, 9.17) is 4.74 Å². The first-order valence-electron chi connectivity index (χ1n) is 12.4. The molecule has 1 aromatic heterocycles. The van der Waals surface area contributed by atoms with Crippen LogP contribution in [0.3, 0.4) is 0 Å². The molecule has 0 saturated carbocycles. The van der Waals surface area contributed by atoms with E-state index in [-0.39, 0.29) is 0 Å². The Bertz CT molecular complexity index is 1460. The minimum atomic E-state index is -4.73. The lowest BCUT2D eigenvalue weighted by atomic mass is 9.94. The van der Waals surface area contributed by atoms with Crippen LogP contribution in [0.2, 0.25) is 0 Å². The number of halogens is 3. The lowest BCUT2D eigenvalue weighted by Crippen LogP contribution is -2.60. The molecule has 3 heterocycles. The zero-order valence-electron chi connectivity index (χ0n) is 21.4. The molecule has 39 heavy (non-hydrogen) atoms. The van der Waals surface area contributed by atoms with Crippen LogP contribution in [-0.4, -0.2) is 40.3 Å². The van der Waals surface area contributed by atoms with Gasteiger partial charge < -0.3 is 9.64 Å². The second kappa shape index (κ2) is 10.1. The molecule has 5 rings (SSSR count). The Hall–Kier alpha value is -3.73. The zero-order chi connectivity index (χ0) is 28.1. The van der Waals surface area contributed by atoms with Crippen molar-refractivity contribution in [1.29, 1.82) is 0 Å². The third-order valence-corrected chi connectivity index (χ3v) is 8.07. The summed E-state index contributed by atoms with van der Waals surface area (Å²) in [6, 6.07) is 13.6. The van der Waals surface area contributed by atoms with Gasteiger partial charge in [-0.1, -0.05) is 56.3 Å². The number of amides is 1. The molecule has 11 heteroatoms. The van der Waals surface area contributed by atoms with Crippen molar-refractivity contribution >= 4 is 23.6 Å². The predicted octanol–water partition coefficient (Wildman–Crippen LogP) is 5.11. The molecule has 2 aliphatic rings. The van der Waals surface area contributed by atoms with Gasteiger partial charge in [0.25, 0.3) is 5.91 Å². The number of pyridine rings is 1. The third-order valence-electron chi connectivity index (χ3n) is 6.93. The number of esters is 1. The molecule has 0 saturated heterocycles. The van der Waals surface area contributed by atoms with Gasteiger partial charge >= 0.3 is 12.1 Å². The molecule has 1 amide bonds. The van der Waals surface area contributed by atoms with Gasteiger partial charge in [-0.3, -0.25) is 24.1 Å². The summed E-state index contributed by atoms with van der Waals surface area (Å²) in [6.07, 6.45) is -3.39. The van der Waals surface area contributed by atoms with E-state index in [0.29, 0.717) is 10.7 Å². The zero-order valence-corrected chi connectivity index (χ0v) is 22.3. The van der Waals surface area contributed by atoms with Crippen molar-refractivity contribution in [1.82, 2.24) is 9.58 Å². The third kappa shape index (κ3) is 4.80. The smallest absolute Gasteiger partial charge is 0.408 e. The molecular formula is C28H26F3N3O4S. The molecular weight excluding hydrogens is 531 g/mol. The molecule has 0 N–H and O–H groups in total. The highest BCUT2D eigenvalue weighted by atomic mass is 32.2. The van der Waals surface area contributed by atoms with E-state index in [9.17, 15) is 27.6 Å². The number of benzene rings is 2. The summed E-state index contributed by atoms with van der Waals surface area (Å²) in [5.74, 6) is -2.40. The minimum Gasteiger partial charge on any atom is -0.420 e. The van der Waals surface area contributed by atoms with Gasteiger partial charge in [-0.2, -0.15) is 13.2 Å². The monoisotopic (exact) mass is 557 g/mol. The molecule has 0 bridgehead atoms. The number of aromatic nitrogens is 1. The molecule has 0 unspecified atom stereocenters.